The fourth-order valence-electron chi connectivity index (χ4n) is 1.71. The lowest BCUT2D eigenvalue weighted by atomic mass is 10.3. The fourth-order valence-corrected chi connectivity index (χ4v) is 2.46. The Kier molecular flexibility index (Phi) is 3.75. The molecule has 0 aliphatic heterocycles. The van der Waals surface area contributed by atoms with Crippen molar-refractivity contribution in [3.63, 3.8) is 0 Å². The SMILES string of the molecule is Cc1cc(C)nc(SCC(=O)NC2(C(=O)O)CC2)n1. The molecule has 0 aromatic carbocycles. The molecule has 2 N–H and O–H groups in total. The van der Waals surface area contributed by atoms with Gasteiger partial charge >= 0.3 is 5.97 Å². The van der Waals surface area contributed by atoms with Crippen LogP contribution < -0.4 is 5.32 Å². The molecule has 1 saturated carbocycles. The lowest BCUT2D eigenvalue weighted by Crippen LogP contribution is -2.43. The first-order valence-corrected chi connectivity index (χ1v) is 6.89. The summed E-state index contributed by atoms with van der Waals surface area (Å²) in [4.78, 5) is 31.0. The molecule has 0 radical (unpaired) electrons. The molecule has 0 unspecified atom stereocenters. The van der Waals surface area contributed by atoms with E-state index in [9.17, 15) is 9.59 Å². The van der Waals surface area contributed by atoms with Crippen molar-refractivity contribution >= 4 is 23.6 Å². The number of aliphatic carboxylic acids is 1. The van der Waals surface area contributed by atoms with Crippen LogP contribution in [0.25, 0.3) is 0 Å². The third kappa shape index (κ3) is 3.44. The summed E-state index contributed by atoms with van der Waals surface area (Å²) in [5.74, 6) is -1.14. The standard InChI is InChI=1S/C12H15N3O3S/c1-7-5-8(2)14-11(13-7)19-6-9(16)15-12(3-4-12)10(17)18/h5H,3-4,6H2,1-2H3,(H,15,16)(H,17,18). The molecule has 1 aromatic heterocycles. The highest BCUT2D eigenvalue weighted by Crippen LogP contribution is 2.35. The van der Waals surface area contributed by atoms with E-state index in [0.717, 1.165) is 11.4 Å². The van der Waals surface area contributed by atoms with Crippen molar-refractivity contribution < 1.29 is 14.7 Å². The predicted molar refractivity (Wildman–Crippen MR) is 70.0 cm³/mol. The Morgan fingerprint density at radius 3 is 2.42 bits per heavy atom. The fraction of sp³-hybridized carbons (Fsp3) is 0.500. The maximum absolute atomic E-state index is 11.7. The number of aryl methyl sites for hydroxylation is 2. The van der Waals surface area contributed by atoms with Crippen LogP contribution in [0.5, 0.6) is 0 Å². The highest BCUT2D eigenvalue weighted by Gasteiger charge is 2.51. The lowest BCUT2D eigenvalue weighted by molar-refractivity contribution is -0.142. The van der Waals surface area contributed by atoms with Crippen LogP contribution in [0.2, 0.25) is 0 Å². The Balaban J connectivity index is 1.88. The van der Waals surface area contributed by atoms with Crippen LogP contribution in [-0.2, 0) is 9.59 Å². The molecule has 0 saturated heterocycles. The number of nitrogens with one attached hydrogen (secondary N) is 1. The number of carboxylic acids is 1. The molecular weight excluding hydrogens is 266 g/mol. The van der Waals surface area contributed by atoms with Crippen molar-refractivity contribution in [3.8, 4) is 0 Å². The third-order valence-corrected chi connectivity index (χ3v) is 3.68. The molecule has 1 aromatic rings. The van der Waals surface area contributed by atoms with Gasteiger partial charge in [0.2, 0.25) is 5.91 Å². The lowest BCUT2D eigenvalue weighted by Gasteiger charge is -2.11. The van der Waals surface area contributed by atoms with Gasteiger partial charge in [0.15, 0.2) is 5.16 Å². The predicted octanol–water partition coefficient (Wildman–Crippen LogP) is 0.919. The van der Waals surface area contributed by atoms with Crippen molar-refractivity contribution in [2.24, 2.45) is 0 Å². The van der Waals surface area contributed by atoms with E-state index in [4.69, 9.17) is 5.11 Å². The smallest absolute Gasteiger partial charge is 0.329 e. The molecule has 0 bridgehead atoms. The summed E-state index contributed by atoms with van der Waals surface area (Å²) in [5.41, 5.74) is 0.667. The number of carboxylic acid groups (broad SMARTS) is 1. The second-order valence-corrected chi connectivity index (χ2v) is 5.60. The number of carbonyl (C=O) groups excluding carboxylic acids is 1. The summed E-state index contributed by atoms with van der Waals surface area (Å²) in [5, 5.41) is 12.1. The quantitative estimate of drug-likeness (QED) is 0.616. The number of hydrogen-bond acceptors (Lipinski definition) is 5. The number of nitrogens with zero attached hydrogens (tertiary/aromatic N) is 2. The summed E-state index contributed by atoms with van der Waals surface area (Å²) in [7, 11) is 0. The van der Waals surface area contributed by atoms with Gasteiger partial charge in [0.1, 0.15) is 5.54 Å². The Labute approximate surface area is 115 Å². The van der Waals surface area contributed by atoms with Crippen LogP contribution in [0.15, 0.2) is 11.2 Å². The first kappa shape index (κ1) is 13.8. The molecular formula is C12H15N3O3S. The van der Waals surface area contributed by atoms with E-state index < -0.39 is 11.5 Å². The van der Waals surface area contributed by atoms with Crippen LogP contribution in [-0.4, -0.2) is 38.2 Å². The highest BCUT2D eigenvalue weighted by molar-refractivity contribution is 7.99. The molecule has 1 heterocycles. The van der Waals surface area contributed by atoms with E-state index in [2.05, 4.69) is 15.3 Å². The molecule has 7 heteroatoms. The summed E-state index contributed by atoms with van der Waals surface area (Å²) in [6.45, 7) is 3.73. The highest BCUT2D eigenvalue weighted by atomic mass is 32.2. The molecule has 6 nitrogen and oxygen atoms in total. The van der Waals surface area contributed by atoms with Gasteiger partial charge in [-0.05, 0) is 32.8 Å². The van der Waals surface area contributed by atoms with Crippen LogP contribution in [0.3, 0.4) is 0 Å². The van der Waals surface area contributed by atoms with Gasteiger partial charge in [-0.25, -0.2) is 14.8 Å². The average Bonchev–Trinajstić information content (AvgIpc) is 3.06. The topological polar surface area (TPSA) is 92.2 Å². The van der Waals surface area contributed by atoms with E-state index >= 15 is 0 Å². The van der Waals surface area contributed by atoms with Gasteiger partial charge in [-0.3, -0.25) is 4.79 Å². The van der Waals surface area contributed by atoms with Gasteiger partial charge in [0.25, 0.3) is 0 Å². The van der Waals surface area contributed by atoms with Crippen molar-refractivity contribution in [1.82, 2.24) is 15.3 Å². The van der Waals surface area contributed by atoms with E-state index in [1.165, 1.54) is 11.8 Å². The summed E-state index contributed by atoms with van der Waals surface area (Å²) in [6, 6.07) is 1.85. The van der Waals surface area contributed by atoms with E-state index in [-0.39, 0.29) is 11.7 Å². The van der Waals surface area contributed by atoms with Crippen molar-refractivity contribution in [1.29, 1.82) is 0 Å². The maximum Gasteiger partial charge on any atom is 0.329 e. The largest absolute Gasteiger partial charge is 0.480 e. The van der Waals surface area contributed by atoms with E-state index in [1.54, 1.807) is 0 Å². The number of carbonyl (C=O) groups is 2. The van der Waals surface area contributed by atoms with Gasteiger partial charge in [-0.2, -0.15) is 0 Å². The van der Waals surface area contributed by atoms with E-state index in [1.807, 2.05) is 19.9 Å². The summed E-state index contributed by atoms with van der Waals surface area (Å²) >= 11 is 1.21. The minimum absolute atomic E-state index is 0.123. The van der Waals surface area contributed by atoms with Crippen LogP contribution in [0, 0.1) is 13.8 Å². The number of thioether (sulfide) groups is 1. The van der Waals surface area contributed by atoms with Gasteiger partial charge in [-0.1, -0.05) is 11.8 Å². The summed E-state index contributed by atoms with van der Waals surface area (Å²) < 4.78 is 0. The summed E-state index contributed by atoms with van der Waals surface area (Å²) in [6.07, 6.45) is 0.998. The molecule has 102 valence electrons. The number of amides is 1. The molecule has 1 aliphatic carbocycles. The van der Waals surface area contributed by atoms with Crippen LogP contribution >= 0.6 is 11.8 Å². The zero-order chi connectivity index (χ0) is 14.0. The van der Waals surface area contributed by atoms with Gasteiger partial charge in [0, 0.05) is 11.4 Å². The Morgan fingerprint density at radius 2 is 1.95 bits per heavy atom. The molecule has 1 amide bonds. The second-order valence-electron chi connectivity index (χ2n) is 4.66. The number of aromatic nitrogens is 2. The zero-order valence-electron chi connectivity index (χ0n) is 10.8. The van der Waals surface area contributed by atoms with Crippen molar-refractivity contribution in [2.45, 2.75) is 37.4 Å². The number of hydrogen-bond donors (Lipinski definition) is 2. The Morgan fingerprint density at radius 1 is 1.37 bits per heavy atom. The molecule has 19 heavy (non-hydrogen) atoms. The first-order chi connectivity index (χ1) is 8.91. The van der Waals surface area contributed by atoms with Gasteiger partial charge < -0.3 is 10.4 Å². The molecule has 0 spiro atoms. The number of rotatable bonds is 5. The molecule has 1 aliphatic rings. The third-order valence-electron chi connectivity index (χ3n) is 2.83. The first-order valence-electron chi connectivity index (χ1n) is 5.91. The monoisotopic (exact) mass is 281 g/mol. The zero-order valence-corrected chi connectivity index (χ0v) is 11.6. The van der Waals surface area contributed by atoms with Crippen LogP contribution in [0.4, 0.5) is 0 Å². The molecule has 1 fully saturated rings. The molecule has 0 atom stereocenters. The average molecular weight is 281 g/mol. The normalized spacial score (nSPS) is 15.9. The van der Waals surface area contributed by atoms with E-state index in [0.29, 0.717) is 18.0 Å². The van der Waals surface area contributed by atoms with Crippen molar-refractivity contribution in [2.75, 3.05) is 5.75 Å². The van der Waals surface area contributed by atoms with Gasteiger partial charge in [0.05, 0.1) is 5.75 Å². The Bertz CT molecular complexity index is 509. The van der Waals surface area contributed by atoms with Crippen LogP contribution in [0.1, 0.15) is 24.2 Å². The minimum atomic E-state index is -1.03. The maximum atomic E-state index is 11.7. The second kappa shape index (κ2) is 5.16. The van der Waals surface area contributed by atoms with Gasteiger partial charge in [-0.15, -0.1) is 0 Å². The Hall–Kier alpha value is -1.63. The minimum Gasteiger partial charge on any atom is -0.480 e. The van der Waals surface area contributed by atoms with Crippen molar-refractivity contribution in [3.05, 3.63) is 17.5 Å². The molecule has 2 rings (SSSR count).